The van der Waals surface area contributed by atoms with E-state index in [-0.39, 0.29) is 0 Å². The van der Waals surface area contributed by atoms with Crippen molar-refractivity contribution < 1.29 is 0 Å². The van der Waals surface area contributed by atoms with Crippen LogP contribution < -0.4 is 0 Å². The maximum atomic E-state index is 5.88. The molecule has 0 amide bonds. The average Bonchev–Trinajstić information content (AvgIpc) is 2.32. The first-order valence-electron chi connectivity index (χ1n) is 4.93. The first kappa shape index (κ1) is 11.7. The Labute approximate surface area is 114 Å². The highest BCUT2D eigenvalue weighted by atomic mass is 127. The van der Waals surface area contributed by atoms with E-state index in [4.69, 9.17) is 11.6 Å². The van der Waals surface area contributed by atoms with Crippen molar-refractivity contribution in [2.45, 2.75) is 0 Å². The molecule has 0 nitrogen and oxygen atoms in total. The van der Waals surface area contributed by atoms with Crippen LogP contribution in [0.4, 0.5) is 0 Å². The molecule has 0 saturated heterocycles. The van der Waals surface area contributed by atoms with Crippen molar-refractivity contribution in [2.24, 2.45) is 0 Å². The Kier molecular flexibility index (Phi) is 4.02. The fourth-order valence-electron chi connectivity index (χ4n) is 1.60. The Morgan fingerprint density at radius 2 is 1.62 bits per heavy atom. The standard InChI is InChI=1S/C14H10ClI/c15-13-7-5-12(6-8-13)14-4-2-1-3-11(14)9-10-16/h1-10H. The van der Waals surface area contributed by atoms with Gasteiger partial charge in [0.05, 0.1) is 0 Å². The lowest BCUT2D eigenvalue weighted by Crippen LogP contribution is -1.81. The van der Waals surface area contributed by atoms with Crippen LogP contribution in [0.3, 0.4) is 0 Å². The van der Waals surface area contributed by atoms with E-state index in [1.807, 2.05) is 34.4 Å². The lowest BCUT2D eigenvalue weighted by atomic mass is 10.00. The van der Waals surface area contributed by atoms with Crippen molar-refractivity contribution >= 4 is 40.3 Å². The minimum Gasteiger partial charge on any atom is -0.0843 e. The van der Waals surface area contributed by atoms with Crippen molar-refractivity contribution in [1.82, 2.24) is 0 Å². The van der Waals surface area contributed by atoms with Crippen LogP contribution in [0.1, 0.15) is 5.56 Å². The Morgan fingerprint density at radius 1 is 0.938 bits per heavy atom. The number of rotatable bonds is 2. The van der Waals surface area contributed by atoms with Gasteiger partial charge in [-0.25, -0.2) is 0 Å². The van der Waals surface area contributed by atoms with Gasteiger partial charge in [0.15, 0.2) is 0 Å². The second-order valence-electron chi connectivity index (χ2n) is 3.39. The van der Waals surface area contributed by atoms with E-state index in [1.54, 1.807) is 0 Å². The predicted molar refractivity (Wildman–Crippen MR) is 79.9 cm³/mol. The summed E-state index contributed by atoms with van der Waals surface area (Å²) in [6.45, 7) is 0. The van der Waals surface area contributed by atoms with Crippen molar-refractivity contribution in [3.05, 3.63) is 63.2 Å². The van der Waals surface area contributed by atoms with Gasteiger partial charge in [-0.05, 0) is 39.0 Å². The Morgan fingerprint density at radius 3 is 2.31 bits per heavy atom. The Bertz CT molecular complexity index is 500. The van der Waals surface area contributed by atoms with E-state index in [0.717, 1.165) is 5.02 Å². The second-order valence-corrected chi connectivity index (χ2v) is 4.54. The Hall–Kier alpha value is -0.800. The van der Waals surface area contributed by atoms with Crippen LogP contribution in [0.2, 0.25) is 5.02 Å². The molecule has 0 fully saturated rings. The molecule has 0 atom stereocenters. The zero-order chi connectivity index (χ0) is 11.4. The summed E-state index contributed by atoms with van der Waals surface area (Å²) in [7, 11) is 0. The lowest BCUT2D eigenvalue weighted by molar-refractivity contribution is 1.59. The molecule has 0 aromatic heterocycles. The van der Waals surface area contributed by atoms with E-state index >= 15 is 0 Å². The first-order valence-corrected chi connectivity index (χ1v) is 6.55. The van der Waals surface area contributed by atoms with Crippen molar-refractivity contribution in [2.75, 3.05) is 0 Å². The largest absolute Gasteiger partial charge is 0.0843 e. The molecule has 0 unspecified atom stereocenters. The summed E-state index contributed by atoms with van der Waals surface area (Å²) in [4.78, 5) is 0. The van der Waals surface area contributed by atoms with E-state index in [2.05, 4.69) is 46.9 Å². The SMILES string of the molecule is Clc1ccc(-c2ccccc2C=CI)cc1. The van der Waals surface area contributed by atoms with Crippen LogP contribution >= 0.6 is 34.2 Å². The molecule has 0 bridgehead atoms. The third-order valence-corrected chi connectivity index (χ3v) is 2.97. The lowest BCUT2D eigenvalue weighted by Gasteiger charge is -2.05. The van der Waals surface area contributed by atoms with E-state index < -0.39 is 0 Å². The van der Waals surface area contributed by atoms with Gasteiger partial charge in [-0.15, -0.1) is 0 Å². The maximum Gasteiger partial charge on any atom is 0.0406 e. The monoisotopic (exact) mass is 340 g/mol. The topological polar surface area (TPSA) is 0 Å². The molecule has 0 heterocycles. The van der Waals surface area contributed by atoms with Gasteiger partial charge in [0.1, 0.15) is 0 Å². The summed E-state index contributed by atoms with van der Waals surface area (Å²) >= 11 is 8.12. The second kappa shape index (κ2) is 5.51. The molecule has 80 valence electrons. The molecule has 0 spiro atoms. The summed E-state index contributed by atoms with van der Waals surface area (Å²) in [5.74, 6) is 0. The number of hydrogen-bond acceptors (Lipinski definition) is 0. The highest BCUT2D eigenvalue weighted by molar-refractivity contribution is 14.1. The van der Waals surface area contributed by atoms with Crippen LogP contribution in [0.15, 0.2) is 52.6 Å². The minimum absolute atomic E-state index is 0.769. The number of halogens is 2. The van der Waals surface area contributed by atoms with Crippen LogP contribution in [0, 0.1) is 0 Å². The summed E-state index contributed by atoms with van der Waals surface area (Å²) < 4.78 is 2.02. The smallest absolute Gasteiger partial charge is 0.0406 e. The summed E-state index contributed by atoms with van der Waals surface area (Å²) in [5.41, 5.74) is 3.64. The van der Waals surface area contributed by atoms with E-state index in [0.29, 0.717) is 0 Å². The van der Waals surface area contributed by atoms with Crippen molar-refractivity contribution in [3.63, 3.8) is 0 Å². The fourth-order valence-corrected chi connectivity index (χ4v) is 2.12. The Balaban J connectivity index is 2.51. The van der Waals surface area contributed by atoms with Gasteiger partial charge < -0.3 is 0 Å². The molecule has 0 radical (unpaired) electrons. The molecule has 2 aromatic rings. The first-order chi connectivity index (χ1) is 7.81. The van der Waals surface area contributed by atoms with Gasteiger partial charge >= 0.3 is 0 Å². The third-order valence-electron chi connectivity index (χ3n) is 2.36. The average molecular weight is 341 g/mol. The number of hydrogen-bond donors (Lipinski definition) is 0. The highest BCUT2D eigenvalue weighted by Gasteiger charge is 2.01. The maximum absolute atomic E-state index is 5.88. The van der Waals surface area contributed by atoms with Crippen molar-refractivity contribution in [1.29, 1.82) is 0 Å². The van der Waals surface area contributed by atoms with Gasteiger partial charge in [-0.3, -0.25) is 0 Å². The van der Waals surface area contributed by atoms with Crippen LogP contribution in [0.5, 0.6) is 0 Å². The van der Waals surface area contributed by atoms with E-state index in [1.165, 1.54) is 16.7 Å². The molecule has 0 N–H and O–H groups in total. The summed E-state index contributed by atoms with van der Waals surface area (Å²) in [6.07, 6.45) is 2.10. The number of benzene rings is 2. The molecule has 2 rings (SSSR count). The van der Waals surface area contributed by atoms with Gasteiger partial charge in [-0.2, -0.15) is 0 Å². The summed E-state index contributed by atoms with van der Waals surface area (Å²) in [6, 6.07) is 16.3. The zero-order valence-electron chi connectivity index (χ0n) is 8.53. The van der Waals surface area contributed by atoms with Gasteiger partial charge in [0.2, 0.25) is 0 Å². The van der Waals surface area contributed by atoms with Gasteiger partial charge in [0, 0.05) is 5.02 Å². The molecule has 0 aliphatic heterocycles. The zero-order valence-corrected chi connectivity index (χ0v) is 11.4. The van der Waals surface area contributed by atoms with Crippen LogP contribution in [-0.2, 0) is 0 Å². The van der Waals surface area contributed by atoms with Crippen LogP contribution in [0.25, 0.3) is 17.2 Å². The normalized spacial score (nSPS) is 10.9. The predicted octanol–water partition coefficient (Wildman–Crippen LogP) is 5.41. The molecule has 2 heteroatoms. The molecular formula is C14H10ClI. The minimum atomic E-state index is 0.769. The van der Waals surface area contributed by atoms with Crippen LogP contribution in [-0.4, -0.2) is 0 Å². The highest BCUT2D eigenvalue weighted by Crippen LogP contribution is 2.26. The van der Waals surface area contributed by atoms with Crippen molar-refractivity contribution in [3.8, 4) is 11.1 Å². The molecule has 0 aliphatic rings. The third kappa shape index (κ3) is 2.66. The molecule has 16 heavy (non-hydrogen) atoms. The van der Waals surface area contributed by atoms with E-state index in [9.17, 15) is 0 Å². The van der Waals surface area contributed by atoms with Gasteiger partial charge in [0.25, 0.3) is 0 Å². The fraction of sp³-hybridized carbons (Fsp3) is 0. The quantitative estimate of drug-likeness (QED) is 0.641. The molecule has 2 aromatic carbocycles. The van der Waals surface area contributed by atoms with Gasteiger partial charge in [-0.1, -0.05) is 70.6 Å². The molecule has 0 aliphatic carbocycles. The summed E-state index contributed by atoms with van der Waals surface area (Å²) in [5, 5.41) is 0.769. The molecular weight excluding hydrogens is 331 g/mol. The molecule has 0 saturated carbocycles.